The lowest BCUT2D eigenvalue weighted by molar-refractivity contribution is -0.122. The molecule has 1 aliphatic rings. The van der Waals surface area contributed by atoms with E-state index in [1.807, 2.05) is 24.3 Å². The molecular weight excluding hydrogens is 312 g/mol. The zero-order valence-electron chi connectivity index (χ0n) is 14.3. The predicted octanol–water partition coefficient (Wildman–Crippen LogP) is 3.32. The second-order valence-corrected chi connectivity index (χ2v) is 6.46. The van der Waals surface area contributed by atoms with Crippen LogP contribution in [0.4, 0.5) is 0 Å². The maximum atomic E-state index is 12.3. The second-order valence-electron chi connectivity index (χ2n) is 6.46. The van der Waals surface area contributed by atoms with Crippen molar-refractivity contribution in [3.05, 3.63) is 29.8 Å². The largest absolute Gasteiger partial charge is 0.497 e. The molecular formula is C18H29ClN2O2. The van der Waals surface area contributed by atoms with E-state index >= 15 is 0 Å². The van der Waals surface area contributed by atoms with Crippen LogP contribution in [0.1, 0.15) is 44.7 Å². The molecule has 1 aromatic carbocycles. The molecule has 2 unspecified atom stereocenters. The number of carbonyl (C=O) groups is 1. The molecule has 0 spiro atoms. The van der Waals surface area contributed by atoms with Gasteiger partial charge in [-0.3, -0.25) is 4.79 Å². The number of ether oxygens (including phenoxy) is 1. The molecule has 1 heterocycles. The predicted molar refractivity (Wildman–Crippen MR) is 96.2 cm³/mol. The van der Waals surface area contributed by atoms with Gasteiger partial charge in [0.2, 0.25) is 5.91 Å². The van der Waals surface area contributed by atoms with Crippen molar-refractivity contribution in [1.82, 2.24) is 10.6 Å². The van der Waals surface area contributed by atoms with Crippen LogP contribution in [0.25, 0.3) is 0 Å². The number of hydrogen-bond acceptors (Lipinski definition) is 3. The van der Waals surface area contributed by atoms with E-state index in [1.54, 1.807) is 7.11 Å². The Kier molecular flexibility index (Phi) is 8.42. The second kappa shape index (κ2) is 9.78. The minimum atomic E-state index is 0. The van der Waals surface area contributed by atoms with Crippen LogP contribution in [0.5, 0.6) is 5.75 Å². The summed E-state index contributed by atoms with van der Waals surface area (Å²) in [6.45, 7) is 6.41. The quantitative estimate of drug-likeness (QED) is 0.800. The van der Waals surface area contributed by atoms with Gasteiger partial charge in [0.15, 0.2) is 0 Å². The van der Waals surface area contributed by atoms with Crippen LogP contribution >= 0.6 is 12.4 Å². The highest BCUT2D eigenvalue weighted by atomic mass is 35.5. The fraction of sp³-hybridized carbons (Fsp3) is 0.611. The van der Waals surface area contributed by atoms with Crippen LogP contribution in [0, 0.1) is 11.8 Å². The van der Waals surface area contributed by atoms with E-state index in [1.165, 1.54) is 6.42 Å². The van der Waals surface area contributed by atoms with Gasteiger partial charge in [0.25, 0.3) is 0 Å². The normalized spacial score (nSPS) is 18.3. The van der Waals surface area contributed by atoms with E-state index in [-0.39, 0.29) is 24.4 Å². The maximum Gasteiger partial charge on any atom is 0.220 e. The number of methoxy groups -OCH3 is 1. The first-order valence-corrected chi connectivity index (χ1v) is 8.24. The fourth-order valence-electron chi connectivity index (χ4n) is 2.99. The van der Waals surface area contributed by atoms with Gasteiger partial charge in [-0.2, -0.15) is 0 Å². The molecule has 1 fully saturated rings. The zero-order valence-corrected chi connectivity index (χ0v) is 15.1. The monoisotopic (exact) mass is 340 g/mol. The summed E-state index contributed by atoms with van der Waals surface area (Å²) < 4.78 is 5.19. The number of nitrogens with one attached hydrogen (secondary N) is 2. The Balaban J connectivity index is 0.00000264. The molecule has 5 heteroatoms. The summed E-state index contributed by atoms with van der Waals surface area (Å²) in [6, 6.07) is 8.01. The van der Waals surface area contributed by atoms with Crippen molar-refractivity contribution in [1.29, 1.82) is 0 Å². The lowest BCUT2D eigenvalue weighted by Crippen LogP contribution is -2.32. The summed E-state index contributed by atoms with van der Waals surface area (Å²) in [6.07, 6.45) is 2.79. The Hall–Kier alpha value is -1.26. The summed E-state index contributed by atoms with van der Waals surface area (Å²) in [5, 5.41) is 6.54. The molecule has 130 valence electrons. The first kappa shape index (κ1) is 19.8. The Morgan fingerprint density at radius 2 is 2.04 bits per heavy atom. The smallest absolute Gasteiger partial charge is 0.220 e. The average Bonchev–Trinajstić information content (AvgIpc) is 3.04. The highest BCUT2D eigenvalue weighted by molar-refractivity contribution is 5.85. The van der Waals surface area contributed by atoms with E-state index in [0.29, 0.717) is 18.3 Å². The number of hydrogen-bond donors (Lipinski definition) is 2. The van der Waals surface area contributed by atoms with E-state index in [2.05, 4.69) is 24.5 Å². The molecule has 2 atom stereocenters. The molecule has 23 heavy (non-hydrogen) atoms. The molecule has 4 nitrogen and oxygen atoms in total. The van der Waals surface area contributed by atoms with Gasteiger partial charge in [0, 0.05) is 6.42 Å². The fourth-order valence-corrected chi connectivity index (χ4v) is 2.99. The van der Waals surface area contributed by atoms with Crippen LogP contribution < -0.4 is 15.4 Å². The summed E-state index contributed by atoms with van der Waals surface area (Å²) in [5.74, 6) is 2.00. The van der Waals surface area contributed by atoms with Crippen molar-refractivity contribution in [2.45, 2.75) is 39.2 Å². The van der Waals surface area contributed by atoms with Gasteiger partial charge in [0.05, 0.1) is 13.2 Å². The lowest BCUT2D eigenvalue weighted by atomic mass is 9.95. The number of benzene rings is 1. The van der Waals surface area contributed by atoms with Gasteiger partial charge in [-0.15, -0.1) is 12.4 Å². The lowest BCUT2D eigenvalue weighted by Gasteiger charge is -2.23. The highest BCUT2D eigenvalue weighted by Gasteiger charge is 2.20. The van der Waals surface area contributed by atoms with E-state index < -0.39 is 0 Å². The third-order valence-electron chi connectivity index (χ3n) is 4.40. The number of carbonyl (C=O) groups excluding carboxylic acids is 1. The van der Waals surface area contributed by atoms with E-state index in [0.717, 1.165) is 30.8 Å². The first-order chi connectivity index (χ1) is 10.6. The third-order valence-corrected chi connectivity index (χ3v) is 4.40. The Labute approximate surface area is 145 Å². The Morgan fingerprint density at radius 1 is 1.35 bits per heavy atom. The van der Waals surface area contributed by atoms with Crippen molar-refractivity contribution in [3.8, 4) is 5.75 Å². The van der Waals surface area contributed by atoms with E-state index in [4.69, 9.17) is 4.74 Å². The van der Waals surface area contributed by atoms with E-state index in [9.17, 15) is 4.79 Å². The molecule has 1 aromatic rings. The molecule has 0 saturated carbocycles. The molecule has 1 saturated heterocycles. The van der Waals surface area contributed by atoms with Crippen molar-refractivity contribution in [3.63, 3.8) is 0 Å². The van der Waals surface area contributed by atoms with Crippen molar-refractivity contribution >= 4 is 18.3 Å². The van der Waals surface area contributed by atoms with Crippen LogP contribution in [0.15, 0.2) is 24.3 Å². The number of rotatable bonds is 7. The van der Waals surface area contributed by atoms with Gasteiger partial charge in [-0.25, -0.2) is 0 Å². The maximum absolute atomic E-state index is 12.3. The summed E-state index contributed by atoms with van der Waals surface area (Å²) in [4.78, 5) is 12.3. The van der Waals surface area contributed by atoms with Crippen LogP contribution in [-0.2, 0) is 4.79 Å². The molecule has 0 aliphatic carbocycles. The summed E-state index contributed by atoms with van der Waals surface area (Å²) >= 11 is 0. The zero-order chi connectivity index (χ0) is 15.9. The molecule has 0 radical (unpaired) electrons. The van der Waals surface area contributed by atoms with Crippen LogP contribution in [-0.4, -0.2) is 26.1 Å². The van der Waals surface area contributed by atoms with Crippen molar-refractivity contribution in [2.24, 2.45) is 11.8 Å². The van der Waals surface area contributed by atoms with Crippen LogP contribution in [0.3, 0.4) is 0 Å². The molecule has 0 aromatic heterocycles. The molecule has 1 aliphatic heterocycles. The average molecular weight is 341 g/mol. The molecule has 0 bridgehead atoms. The van der Waals surface area contributed by atoms with Crippen molar-refractivity contribution < 1.29 is 9.53 Å². The van der Waals surface area contributed by atoms with Crippen molar-refractivity contribution in [2.75, 3.05) is 20.2 Å². The minimum absolute atomic E-state index is 0. The summed E-state index contributed by atoms with van der Waals surface area (Å²) in [7, 11) is 1.66. The minimum Gasteiger partial charge on any atom is -0.497 e. The van der Waals surface area contributed by atoms with Gasteiger partial charge >= 0.3 is 0 Å². The van der Waals surface area contributed by atoms with Crippen LogP contribution in [0.2, 0.25) is 0 Å². The van der Waals surface area contributed by atoms with Gasteiger partial charge in [-0.1, -0.05) is 26.0 Å². The standard InChI is InChI=1S/C18H28N2O2.ClH/c1-13(2)18(15-5-7-16(22-3)8-6-15)20-17(21)9-4-14-10-11-19-12-14;/h5-8,13-14,18-19H,4,9-12H2,1-3H3,(H,20,21);1H. The summed E-state index contributed by atoms with van der Waals surface area (Å²) in [5.41, 5.74) is 1.13. The Bertz CT molecular complexity index is 470. The number of amides is 1. The van der Waals surface area contributed by atoms with Gasteiger partial charge in [0.1, 0.15) is 5.75 Å². The molecule has 2 N–H and O–H groups in total. The number of halogens is 1. The topological polar surface area (TPSA) is 50.4 Å². The SMILES string of the molecule is COc1ccc(C(NC(=O)CCC2CCNC2)C(C)C)cc1.Cl. The molecule has 2 rings (SSSR count). The van der Waals surface area contributed by atoms with Gasteiger partial charge in [-0.05, 0) is 55.5 Å². The first-order valence-electron chi connectivity index (χ1n) is 8.24. The van der Waals surface area contributed by atoms with Gasteiger partial charge < -0.3 is 15.4 Å². The Morgan fingerprint density at radius 3 is 2.57 bits per heavy atom. The third kappa shape index (κ3) is 6.04. The highest BCUT2D eigenvalue weighted by Crippen LogP contribution is 2.24. The molecule has 1 amide bonds.